The molecule has 6 heteroatoms. The van der Waals surface area contributed by atoms with Gasteiger partial charge >= 0.3 is 0 Å². The lowest BCUT2D eigenvalue weighted by molar-refractivity contribution is -0.123. The lowest BCUT2D eigenvalue weighted by atomic mass is 10.1. The van der Waals surface area contributed by atoms with Crippen LogP contribution >= 0.6 is 15.9 Å². The van der Waals surface area contributed by atoms with Crippen LogP contribution < -0.4 is 10.1 Å². The first-order valence-corrected chi connectivity index (χ1v) is 9.09. The predicted molar refractivity (Wildman–Crippen MR) is 104 cm³/mol. The number of benzene rings is 2. The van der Waals surface area contributed by atoms with Gasteiger partial charge in [0, 0.05) is 18.1 Å². The molecule has 26 heavy (non-hydrogen) atoms. The Morgan fingerprint density at radius 2 is 2.04 bits per heavy atom. The van der Waals surface area contributed by atoms with Gasteiger partial charge in [0.15, 0.2) is 6.61 Å². The molecule has 0 aliphatic heterocycles. The summed E-state index contributed by atoms with van der Waals surface area (Å²) in [5, 5.41) is 2.95. The molecule has 134 valence electrons. The minimum atomic E-state index is -0.163. The van der Waals surface area contributed by atoms with E-state index in [1.165, 1.54) is 0 Å². The van der Waals surface area contributed by atoms with Gasteiger partial charge in [-0.05, 0) is 65.2 Å². The Hall–Kier alpha value is -2.60. The second kappa shape index (κ2) is 8.19. The van der Waals surface area contributed by atoms with Gasteiger partial charge in [0.25, 0.3) is 5.91 Å². The van der Waals surface area contributed by atoms with Gasteiger partial charge in [0.05, 0.1) is 16.8 Å². The highest BCUT2D eigenvalue weighted by molar-refractivity contribution is 9.10. The summed E-state index contributed by atoms with van der Waals surface area (Å²) in [7, 11) is 0. The maximum Gasteiger partial charge on any atom is 0.258 e. The average Bonchev–Trinajstić information content (AvgIpc) is 3.16. The fourth-order valence-electron chi connectivity index (χ4n) is 2.58. The molecule has 0 saturated heterocycles. The fraction of sp³-hybridized carbons (Fsp3) is 0.200. The van der Waals surface area contributed by atoms with E-state index in [4.69, 9.17) is 4.74 Å². The van der Waals surface area contributed by atoms with Crippen LogP contribution in [0.1, 0.15) is 24.1 Å². The largest absolute Gasteiger partial charge is 0.483 e. The van der Waals surface area contributed by atoms with Crippen molar-refractivity contribution in [3.05, 3.63) is 76.8 Å². The zero-order chi connectivity index (χ0) is 18.5. The minimum absolute atomic E-state index is 0.0286. The third-order valence-corrected chi connectivity index (χ3v) is 4.64. The van der Waals surface area contributed by atoms with Crippen molar-refractivity contribution in [2.75, 3.05) is 6.61 Å². The summed E-state index contributed by atoms with van der Waals surface area (Å²) in [6.45, 7) is 3.92. The highest BCUT2D eigenvalue weighted by Gasteiger charge is 2.11. The molecule has 0 unspecified atom stereocenters. The number of hydrogen-bond acceptors (Lipinski definition) is 3. The molecule has 0 radical (unpaired) electrons. The van der Waals surface area contributed by atoms with Gasteiger partial charge in [0.2, 0.25) is 0 Å². The molecule has 0 fully saturated rings. The van der Waals surface area contributed by atoms with Gasteiger partial charge in [-0.15, -0.1) is 0 Å². The van der Waals surface area contributed by atoms with Gasteiger partial charge in [-0.2, -0.15) is 0 Å². The van der Waals surface area contributed by atoms with Crippen LogP contribution in [0, 0.1) is 6.92 Å². The summed E-state index contributed by atoms with van der Waals surface area (Å²) < 4.78 is 8.36. The molecule has 0 bridgehead atoms. The number of rotatable bonds is 6. The van der Waals surface area contributed by atoms with E-state index in [0.29, 0.717) is 5.75 Å². The Balaban J connectivity index is 1.55. The van der Waals surface area contributed by atoms with Crippen molar-refractivity contribution >= 4 is 21.8 Å². The molecule has 3 rings (SSSR count). The van der Waals surface area contributed by atoms with E-state index in [1.54, 1.807) is 12.5 Å². The Morgan fingerprint density at radius 3 is 2.69 bits per heavy atom. The quantitative estimate of drug-likeness (QED) is 0.658. The Bertz CT molecular complexity index is 877. The lowest BCUT2D eigenvalue weighted by Crippen LogP contribution is -2.31. The minimum Gasteiger partial charge on any atom is -0.483 e. The molecule has 1 N–H and O–H groups in total. The second-order valence-electron chi connectivity index (χ2n) is 6.07. The van der Waals surface area contributed by atoms with Crippen molar-refractivity contribution in [1.29, 1.82) is 0 Å². The van der Waals surface area contributed by atoms with E-state index in [0.717, 1.165) is 21.3 Å². The number of hydrogen-bond donors (Lipinski definition) is 1. The van der Waals surface area contributed by atoms with E-state index < -0.39 is 0 Å². The smallest absolute Gasteiger partial charge is 0.258 e. The van der Waals surface area contributed by atoms with Crippen molar-refractivity contribution in [3.63, 3.8) is 0 Å². The van der Waals surface area contributed by atoms with Crippen LogP contribution in [-0.2, 0) is 4.79 Å². The standard InChI is InChI=1S/C20H20BrN3O2/c1-14-3-8-19(18(21)11-14)26-12-20(25)23-15(2)16-4-6-17(7-5-16)24-10-9-22-13-24/h3-11,13,15H,12H2,1-2H3,(H,23,25)/t15-/m0/s1. The van der Waals surface area contributed by atoms with E-state index in [2.05, 4.69) is 26.2 Å². The van der Waals surface area contributed by atoms with Gasteiger partial charge < -0.3 is 14.6 Å². The van der Waals surface area contributed by atoms with Crippen molar-refractivity contribution in [3.8, 4) is 11.4 Å². The van der Waals surface area contributed by atoms with Crippen molar-refractivity contribution in [2.24, 2.45) is 0 Å². The SMILES string of the molecule is Cc1ccc(OCC(=O)N[C@@H](C)c2ccc(-n3ccnc3)cc2)c(Br)c1. The van der Waals surface area contributed by atoms with E-state index in [1.807, 2.05) is 67.1 Å². The molecule has 5 nitrogen and oxygen atoms in total. The molecule has 0 spiro atoms. The molecule has 0 aliphatic carbocycles. The Morgan fingerprint density at radius 1 is 1.27 bits per heavy atom. The third kappa shape index (κ3) is 4.52. The Kier molecular flexibility index (Phi) is 5.73. The predicted octanol–water partition coefficient (Wildman–Crippen LogP) is 4.20. The first-order valence-electron chi connectivity index (χ1n) is 8.29. The molecular formula is C20H20BrN3O2. The van der Waals surface area contributed by atoms with Gasteiger partial charge in [-0.1, -0.05) is 18.2 Å². The summed E-state index contributed by atoms with van der Waals surface area (Å²) >= 11 is 3.44. The number of ether oxygens (including phenoxy) is 1. The number of aromatic nitrogens is 2. The van der Waals surface area contributed by atoms with Crippen LogP contribution in [-0.4, -0.2) is 22.1 Å². The summed E-state index contributed by atoms with van der Waals surface area (Å²) in [5.41, 5.74) is 3.18. The molecule has 1 amide bonds. The number of imidazole rings is 1. The summed E-state index contributed by atoms with van der Waals surface area (Å²) in [5.74, 6) is 0.492. The van der Waals surface area contributed by atoms with Crippen molar-refractivity contribution in [2.45, 2.75) is 19.9 Å². The first kappa shape index (κ1) is 18.2. The monoisotopic (exact) mass is 413 g/mol. The Labute approximate surface area is 161 Å². The van der Waals surface area contributed by atoms with Crippen LogP contribution in [0.15, 0.2) is 65.7 Å². The number of carbonyl (C=O) groups is 1. The highest BCUT2D eigenvalue weighted by atomic mass is 79.9. The number of nitrogens with zero attached hydrogens (tertiary/aromatic N) is 2. The number of aryl methyl sites for hydroxylation is 1. The van der Waals surface area contributed by atoms with Crippen molar-refractivity contribution in [1.82, 2.24) is 14.9 Å². The number of carbonyl (C=O) groups excluding carboxylic acids is 1. The normalized spacial score (nSPS) is 11.8. The maximum absolute atomic E-state index is 12.2. The molecule has 1 atom stereocenters. The van der Waals surface area contributed by atoms with Crippen LogP contribution in [0.2, 0.25) is 0 Å². The van der Waals surface area contributed by atoms with Gasteiger partial charge in [-0.25, -0.2) is 4.98 Å². The van der Waals surface area contributed by atoms with Gasteiger partial charge in [-0.3, -0.25) is 4.79 Å². The molecular weight excluding hydrogens is 394 g/mol. The second-order valence-corrected chi connectivity index (χ2v) is 6.93. The number of nitrogens with one attached hydrogen (secondary N) is 1. The van der Waals surface area contributed by atoms with Crippen LogP contribution in [0.5, 0.6) is 5.75 Å². The highest BCUT2D eigenvalue weighted by Crippen LogP contribution is 2.25. The zero-order valence-corrected chi connectivity index (χ0v) is 16.2. The molecule has 3 aromatic rings. The average molecular weight is 414 g/mol. The molecule has 2 aromatic carbocycles. The van der Waals surface area contributed by atoms with E-state index in [9.17, 15) is 4.79 Å². The molecule has 0 saturated carbocycles. The molecule has 1 aromatic heterocycles. The summed E-state index contributed by atoms with van der Waals surface area (Å²) in [6, 6.07) is 13.6. The van der Waals surface area contributed by atoms with Crippen LogP contribution in [0.3, 0.4) is 0 Å². The summed E-state index contributed by atoms with van der Waals surface area (Å²) in [6.07, 6.45) is 5.38. The third-order valence-electron chi connectivity index (χ3n) is 4.02. The van der Waals surface area contributed by atoms with Crippen LogP contribution in [0.25, 0.3) is 5.69 Å². The lowest BCUT2D eigenvalue weighted by Gasteiger charge is -2.16. The van der Waals surface area contributed by atoms with E-state index in [-0.39, 0.29) is 18.6 Å². The zero-order valence-electron chi connectivity index (χ0n) is 14.6. The molecule has 1 heterocycles. The topological polar surface area (TPSA) is 56.1 Å². The van der Waals surface area contributed by atoms with E-state index >= 15 is 0 Å². The van der Waals surface area contributed by atoms with Crippen molar-refractivity contribution < 1.29 is 9.53 Å². The van der Waals surface area contributed by atoms with Gasteiger partial charge in [0.1, 0.15) is 5.75 Å². The number of halogens is 1. The fourth-order valence-corrected chi connectivity index (χ4v) is 3.19. The summed E-state index contributed by atoms with van der Waals surface area (Å²) in [4.78, 5) is 16.2. The maximum atomic E-state index is 12.2. The first-order chi connectivity index (χ1) is 12.5. The number of amides is 1. The molecule has 0 aliphatic rings. The van der Waals surface area contributed by atoms with Crippen LogP contribution in [0.4, 0.5) is 0 Å².